The van der Waals surface area contributed by atoms with Gasteiger partial charge in [0.15, 0.2) is 0 Å². The topological polar surface area (TPSA) is 35.5 Å². The summed E-state index contributed by atoms with van der Waals surface area (Å²) in [6, 6.07) is 0. The van der Waals surface area contributed by atoms with Gasteiger partial charge in [-0.05, 0) is 6.92 Å². The monoisotopic (exact) mass is 144 g/mol. The highest BCUT2D eigenvalue weighted by Gasteiger charge is 1.97. The molecule has 0 saturated carbocycles. The predicted molar refractivity (Wildman–Crippen MR) is 37.6 cm³/mol. The first kappa shape index (κ1) is 9.17. The highest BCUT2D eigenvalue weighted by atomic mass is 16.6. The van der Waals surface area contributed by atoms with Crippen molar-refractivity contribution in [2.75, 3.05) is 20.3 Å². The summed E-state index contributed by atoms with van der Waals surface area (Å²) < 4.78 is 9.21. The molecule has 0 spiro atoms. The minimum Gasteiger partial charge on any atom is -0.460 e. The molecule has 10 heavy (non-hydrogen) atoms. The Balaban J connectivity index is 3.21. The maximum Gasteiger partial charge on any atom is 0.332 e. The Labute approximate surface area is 60.6 Å². The van der Waals surface area contributed by atoms with E-state index in [1.54, 1.807) is 6.08 Å². The number of hydrogen-bond donors (Lipinski definition) is 0. The standard InChI is InChI=1S/C7H12O3/c1-3-4-5-10-7(8)6-9-2/h3-4H,5-6H2,1-2H3. The SMILES string of the molecule is CC=CCOC(=O)COC. The van der Waals surface area contributed by atoms with Crippen LogP contribution in [-0.2, 0) is 14.3 Å². The van der Waals surface area contributed by atoms with Crippen LogP contribution in [0.2, 0.25) is 0 Å². The minimum absolute atomic E-state index is 0.0254. The summed E-state index contributed by atoms with van der Waals surface area (Å²) in [5.41, 5.74) is 0. The molecule has 0 rings (SSSR count). The number of hydrogen-bond acceptors (Lipinski definition) is 3. The lowest BCUT2D eigenvalue weighted by molar-refractivity contribution is -0.146. The fraction of sp³-hybridized carbons (Fsp3) is 0.571. The van der Waals surface area contributed by atoms with Crippen molar-refractivity contribution in [1.82, 2.24) is 0 Å². The maximum atomic E-state index is 10.5. The van der Waals surface area contributed by atoms with Crippen LogP contribution in [-0.4, -0.2) is 26.3 Å². The van der Waals surface area contributed by atoms with E-state index in [0.717, 1.165) is 0 Å². The Morgan fingerprint density at radius 2 is 2.30 bits per heavy atom. The normalized spacial score (nSPS) is 10.2. The Morgan fingerprint density at radius 3 is 2.80 bits per heavy atom. The van der Waals surface area contributed by atoms with Gasteiger partial charge in [0.05, 0.1) is 0 Å². The first-order valence-corrected chi connectivity index (χ1v) is 3.07. The van der Waals surface area contributed by atoms with E-state index >= 15 is 0 Å². The largest absolute Gasteiger partial charge is 0.460 e. The molecule has 0 aliphatic rings. The van der Waals surface area contributed by atoms with Crippen molar-refractivity contribution in [3.63, 3.8) is 0 Å². The molecule has 3 nitrogen and oxygen atoms in total. The van der Waals surface area contributed by atoms with Crippen LogP contribution < -0.4 is 0 Å². The van der Waals surface area contributed by atoms with E-state index < -0.39 is 0 Å². The summed E-state index contributed by atoms with van der Waals surface area (Å²) >= 11 is 0. The van der Waals surface area contributed by atoms with Gasteiger partial charge in [-0.3, -0.25) is 0 Å². The van der Waals surface area contributed by atoms with Gasteiger partial charge in [0.25, 0.3) is 0 Å². The van der Waals surface area contributed by atoms with Crippen LogP contribution in [0.15, 0.2) is 12.2 Å². The third kappa shape index (κ3) is 5.31. The van der Waals surface area contributed by atoms with Crippen molar-refractivity contribution in [3.8, 4) is 0 Å². The fourth-order valence-corrected chi connectivity index (χ4v) is 0.397. The van der Waals surface area contributed by atoms with Gasteiger partial charge in [0, 0.05) is 7.11 Å². The molecule has 0 atom stereocenters. The van der Waals surface area contributed by atoms with Crippen molar-refractivity contribution in [2.24, 2.45) is 0 Å². The minimum atomic E-state index is -0.333. The smallest absolute Gasteiger partial charge is 0.332 e. The lowest BCUT2D eigenvalue weighted by Gasteiger charge is -1.98. The number of carbonyl (C=O) groups excluding carboxylic acids is 1. The van der Waals surface area contributed by atoms with Crippen LogP contribution in [0.5, 0.6) is 0 Å². The third-order valence-corrected chi connectivity index (χ3v) is 0.838. The van der Waals surface area contributed by atoms with Crippen LogP contribution in [0.3, 0.4) is 0 Å². The quantitative estimate of drug-likeness (QED) is 0.431. The Kier molecular flexibility index (Phi) is 5.77. The summed E-state index contributed by atoms with van der Waals surface area (Å²) in [5, 5.41) is 0. The molecule has 0 heterocycles. The first-order valence-electron chi connectivity index (χ1n) is 3.07. The molecule has 0 bridgehead atoms. The van der Waals surface area contributed by atoms with Crippen molar-refractivity contribution in [2.45, 2.75) is 6.92 Å². The van der Waals surface area contributed by atoms with Crippen molar-refractivity contribution >= 4 is 5.97 Å². The van der Waals surface area contributed by atoms with E-state index in [4.69, 9.17) is 0 Å². The summed E-state index contributed by atoms with van der Waals surface area (Å²) in [5.74, 6) is -0.333. The number of ether oxygens (including phenoxy) is 2. The van der Waals surface area contributed by atoms with E-state index in [-0.39, 0.29) is 12.6 Å². The van der Waals surface area contributed by atoms with Crippen molar-refractivity contribution in [3.05, 3.63) is 12.2 Å². The zero-order valence-corrected chi connectivity index (χ0v) is 6.29. The maximum absolute atomic E-state index is 10.5. The molecule has 58 valence electrons. The molecule has 0 amide bonds. The molecule has 0 N–H and O–H groups in total. The Hall–Kier alpha value is -0.830. The van der Waals surface area contributed by atoms with Gasteiger partial charge in [0.1, 0.15) is 13.2 Å². The molecule has 3 heteroatoms. The summed E-state index contributed by atoms with van der Waals surface area (Å²) in [7, 11) is 1.46. The summed E-state index contributed by atoms with van der Waals surface area (Å²) in [6.45, 7) is 2.22. The van der Waals surface area contributed by atoms with E-state index in [0.29, 0.717) is 6.61 Å². The second kappa shape index (κ2) is 6.29. The summed E-state index contributed by atoms with van der Waals surface area (Å²) in [6.07, 6.45) is 3.58. The number of carbonyl (C=O) groups is 1. The first-order chi connectivity index (χ1) is 4.81. The van der Waals surface area contributed by atoms with Crippen LogP contribution in [0.1, 0.15) is 6.92 Å². The molecule has 0 saturated heterocycles. The average molecular weight is 144 g/mol. The van der Waals surface area contributed by atoms with Gasteiger partial charge in [-0.2, -0.15) is 0 Å². The second-order valence-electron chi connectivity index (χ2n) is 1.69. The molecule has 0 fully saturated rings. The second-order valence-corrected chi connectivity index (χ2v) is 1.69. The third-order valence-electron chi connectivity index (χ3n) is 0.838. The van der Waals surface area contributed by atoms with E-state index in [2.05, 4.69) is 9.47 Å². The van der Waals surface area contributed by atoms with Gasteiger partial charge < -0.3 is 9.47 Å². The van der Waals surface area contributed by atoms with Gasteiger partial charge in [-0.1, -0.05) is 12.2 Å². The molecular weight excluding hydrogens is 132 g/mol. The summed E-state index contributed by atoms with van der Waals surface area (Å²) in [4.78, 5) is 10.5. The van der Waals surface area contributed by atoms with Crippen LogP contribution in [0.4, 0.5) is 0 Å². The molecule has 0 aromatic heterocycles. The highest BCUT2D eigenvalue weighted by molar-refractivity contribution is 5.70. The van der Waals surface area contributed by atoms with Crippen molar-refractivity contribution < 1.29 is 14.3 Å². The van der Waals surface area contributed by atoms with Gasteiger partial charge in [0.2, 0.25) is 0 Å². The van der Waals surface area contributed by atoms with Gasteiger partial charge in [-0.25, -0.2) is 4.79 Å². The molecule has 0 aromatic carbocycles. The molecule has 0 unspecified atom stereocenters. The zero-order chi connectivity index (χ0) is 7.82. The van der Waals surface area contributed by atoms with Crippen LogP contribution in [0, 0.1) is 0 Å². The zero-order valence-electron chi connectivity index (χ0n) is 6.29. The fourth-order valence-electron chi connectivity index (χ4n) is 0.397. The molecule has 0 aliphatic heterocycles. The molecule has 0 radical (unpaired) electrons. The number of allylic oxidation sites excluding steroid dienone is 1. The lowest BCUT2D eigenvalue weighted by atomic mass is 10.5. The van der Waals surface area contributed by atoms with Gasteiger partial charge >= 0.3 is 5.97 Å². The molecular formula is C7H12O3. The number of rotatable bonds is 4. The van der Waals surface area contributed by atoms with Crippen LogP contribution >= 0.6 is 0 Å². The predicted octanol–water partition coefficient (Wildman–Crippen LogP) is 0.752. The van der Waals surface area contributed by atoms with E-state index in [9.17, 15) is 4.79 Å². The van der Waals surface area contributed by atoms with Crippen molar-refractivity contribution in [1.29, 1.82) is 0 Å². The van der Waals surface area contributed by atoms with Crippen LogP contribution in [0.25, 0.3) is 0 Å². The molecule has 0 aliphatic carbocycles. The average Bonchev–Trinajstić information content (AvgIpc) is 1.89. The van der Waals surface area contributed by atoms with Gasteiger partial charge in [-0.15, -0.1) is 0 Å². The lowest BCUT2D eigenvalue weighted by Crippen LogP contribution is -2.10. The van der Waals surface area contributed by atoms with E-state index in [1.165, 1.54) is 7.11 Å². The number of methoxy groups -OCH3 is 1. The Bertz CT molecular complexity index is 118. The highest BCUT2D eigenvalue weighted by Crippen LogP contribution is 1.80. The number of esters is 1. The van der Waals surface area contributed by atoms with E-state index in [1.807, 2.05) is 13.0 Å². The molecule has 0 aromatic rings. The Morgan fingerprint density at radius 1 is 1.60 bits per heavy atom.